The lowest BCUT2D eigenvalue weighted by atomic mass is 10.1. The minimum atomic E-state index is -0.434. The molecule has 2 unspecified atom stereocenters. The van der Waals surface area contributed by atoms with Crippen molar-refractivity contribution in [2.75, 3.05) is 13.7 Å². The van der Waals surface area contributed by atoms with Crippen molar-refractivity contribution in [3.63, 3.8) is 0 Å². The van der Waals surface area contributed by atoms with Crippen LogP contribution in [0.15, 0.2) is 12.4 Å². The number of nitrogens with one attached hydrogen (secondary N) is 1. The summed E-state index contributed by atoms with van der Waals surface area (Å²) in [4.78, 5) is 11.6. The highest BCUT2D eigenvalue weighted by Gasteiger charge is 2.26. The number of aromatic nitrogens is 2. The summed E-state index contributed by atoms with van der Waals surface area (Å²) >= 11 is 5.77. The zero-order valence-corrected chi connectivity index (χ0v) is 10.4. The van der Waals surface area contributed by atoms with Crippen LogP contribution in [0.3, 0.4) is 0 Å². The molecule has 0 aromatic carbocycles. The molecule has 0 saturated heterocycles. The fourth-order valence-electron chi connectivity index (χ4n) is 1.48. The van der Waals surface area contributed by atoms with Crippen molar-refractivity contribution in [3.05, 3.63) is 17.4 Å². The number of halogens is 1. The van der Waals surface area contributed by atoms with E-state index in [0.717, 1.165) is 0 Å². The molecule has 0 fully saturated rings. The van der Waals surface area contributed by atoms with E-state index >= 15 is 0 Å². The second-order valence-corrected chi connectivity index (χ2v) is 3.83. The second-order valence-electron chi connectivity index (χ2n) is 3.40. The van der Waals surface area contributed by atoms with E-state index in [2.05, 4.69) is 10.4 Å². The SMILES string of the molecule is CCOC(=O)C(NC)C(C)n1cc(Cl)cn1. The Morgan fingerprint density at radius 1 is 1.75 bits per heavy atom. The highest BCUT2D eigenvalue weighted by Crippen LogP contribution is 2.14. The van der Waals surface area contributed by atoms with Gasteiger partial charge in [-0.2, -0.15) is 5.10 Å². The molecule has 1 aromatic heterocycles. The monoisotopic (exact) mass is 245 g/mol. The number of nitrogens with zero attached hydrogens (tertiary/aromatic N) is 2. The maximum Gasteiger partial charge on any atom is 0.325 e. The predicted octanol–water partition coefficient (Wildman–Crippen LogP) is 1.25. The zero-order chi connectivity index (χ0) is 12.1. The Balaban J connectivity index is 2.76. The van der Waals surface area contributed by atoms with E-state index < -0.39 is 6.04 Å². The minimum absolute atomic E-state index is 0.156. The Labute approximate surface area is 99.7 Å². The number of carbonyl (C=O) groups is 1. The van der Waals surface area contributed by atoms with Gasteiger partial charge in [0.25, 0.3) is 0 Å². The number of hydrogen-bond acceptors (Lipinski definition) is 4. The first-order valence-electron chi connectivity index (χ1n) is 5.13. The molecule has 5 nitrogen and oxygen atoms in total. The maximum atomic E-state index is 11.6. The van der Waals surface area contributed by atoms with Gasteiger partial charge in [0.15, 0.2) is 0 Å². The first-order valence-corrected chi connectivity index (χ1v) is 5.51. The molecule has 0 aliphatic rings. The Morgan fingerprint density at radius 3 is 2.88 bits per heavy atom. The summed E-state index contributed by atoms with van der Waals surface area (Å²) < 4.78 is 6.61. The van der Waals surface area contributed by atoms with Gasteiger partial charge in [0.1, 0.15) is 6.04 Å². The van der Waals surface area contributed by atoms with Gasteiger partial charge in [-0.3, -0.25) is 9.48 Å². The molecule has 0 aliphatic carbocycles. The molecule has 1 N–H and O–H groups in total. The summed E-state index contributed by atoms with van der Waals surface area (Å²) in [5, 5.41) is 7.53. The topological polar surface area (TPSA) is 56.1 Å². The van der Waals surface area contributed by atoms with Gasteiger partial charge in [0, 0.05) is 6.20 Å². The molecular weight excluding hydrogens is 230 g/mol. The van der Waals surface area contributed by atoms with Crippen molar-refractivity contribution in [2.24, 2.45) is 0 Å². The molecular formula is C10H16ClN3O2. The molecule has 16 heavy (non-hydrogen) atoms. The van der Waals surface area contributed by atoms with Gasteiger partial charge in [-0.15, -0.1) is 0 Å². The Hall–Kier alpha value is -1.07. The first kappa shape index (κ1) is 13.0. The van der Waals surface area contributed by atoms with Gasteiger partial charge >= 0.3 is 5.97 Å². The molecule has 2 atom stereocenters. The molecule has 90 valence electrons. The number of rotatable bonds is 5. The van der Waals surface area contributed by atoms with Gasteiger partial charge in [0.2, 0.25) is 0 Å². The van der Waals surface area contributed by atoms with E-state index in [4.69, 9.17) is 16.3 Å². The molecule has 1 rings (SSSR count). The van der Waals surface area contributed by atoms with Crippen LogP contribution in [-0.2, 0) is 9.53 Å². The number of ether oxygens (including phenoxy) is 1. The van der Waals surface area contributed by atoms with Crippen LogP contribution in [0, 0.1) is 0 Å². The average Bonchev–Trinajstić information content (AvgIpc) is 2.66. The van der Waals surface area contributed by atoms with E-state index in [-0.39, 0.29) is 12.0 Å². The third kappa shape index (κ3) is 2.96. The van der Waals surface area contributed by atoms with Gasteiger partial charge in [-0.25, -0.2) is 0 Å². The standard InChI is InChI=1S/C10H16ClN3O2/c1-4-16-10(15)9(12-3)7(2)14-6-8(11)5-13-14/h5-7,9,12H,4H2,1-3H3. The van der Waals surface area contributed by atoms with Gasteiger partial charge < -0.3 is 10.1 Å². The number of carbonyl (C=O) groups excluding carboxylic acids is 1. The lowest BCUT2D eigenvalue weighted by Crippen LogP contribution is -2.42. The molecule has 0 bridgehead atoms. The molecule has 0 saturated carbocycles. The predicted molar refractivity (Wildman–Crippen MR) is 61.4 cm³/mol. The fourth-order valence-corrected chi connectivity index (χ4v) is 1.62. The highest BCUT2D eigenvalue weighted by molar-refractivity contribution is 6.30. The summed E-state index contributed by atoms with van der Waals surface area (Å²) in [5.41, 5.74) is 0. The van der Waals surface area contributed by atoms with Crippen LogP contribution < -0.4 is 5.32 Å². The lowest BCUT2D eigenvalue weighted by molar-refractivity contribution is -0.146. The van der Waals surface area contributed by atoms with E-state index in [1.807, 2.05) is 6.92 Å². The molecule has 0 aliphatic heterocycles. The van der Waals surface area contributed by atoms with Crippen LogP contribution >= 0.6 is 11.6 Å². The Bertz CT molecular complexity index is 354. The summed E-state index contributed by atoms with van der Waals surface area (Å²) in [7, 11) is 1.71. The van der Waals surface area contributed by atoms with Gasteiger partial charge in [0.05, 0.1) is 23.9 Å². The molecule has 1 aromatic rings. The van der Waals surface area contributed by atoms with E-state index in [1.165, 1.54) is 6.20 Å². The number of esters is 1. The van der Waals surface area contributed by atoms with Crippen molar-refractivity contribution in [1.82, 2.24) is 15.1 Å². The van der Waals surface area contributed by atoms with Gasteiger partial charge in [-0.1, -0.05) is 11.6 Å². The smallest absolute Gasteiger partial charge is 0.325 e. The highest BCUT2D eigenvalue weighted by atomic mass is 35.5. The van der Waals surface area contributed by atoms with Crippen molar-refractivity contribution in [1.29, 1.82) is 0 Å². The third-order valence-electron chi connectivity index (χ3n) is 2.32. The fraction of sp³-hybridized carbons (Fsp3) is 0.600. The van der Waals surface area contributed by atoms with Crippen LogP contribution in [-0.4, -0.2) is 35.4 Å². The normalized spacial score (nSPS) is 14.5. The van der Waals surface area contributed by atoms with Crippen LogP contribution in [0.4, 0.5) is 0 Å². The summed E-state index contributed by atoms with van der Waals surface area (Å²) in [6.45, 7) is 4.02. The molecule has 1 heterocycles. The lowest BCUT2D eigenvalue weighted by Gasteiger charge is -2.21. The molecule has 6 heteroatoms. The molecule has 0 radical (unpaired) electrons. The summed E-state index contributed by atoms with van der Waals surface area (Å²) in [6, 6.07) is -0.590. The maximum absolute atomic E-state index is 11.6. The summed E-state index contributed by atoms with van der Waals surface area (Å²) in [5.74, 6) is -0.288. The van der Waals surface area contributed by atoms with Crippen molar-refractivity contribution in [3.8, 4) is 0 Å². The van der Waals surface area contributed by atoms with Gasteiger partial charge in [-0.05, 0) is 20.9 Å². The second kappa shape index (κ2) is 5.86. The Morgan fingerprint density at radius 2 is 2.44 bits per heavy atom. The van der Waals surface area contributed by atoms with Crippen LogP contribution in [0.25, 0.3) is 0 Å². The first-order chi connectivity index (χ1) is 7.60. The zero-order valence-electron chi connectivity index (χ0n) is 9.61. The van der Waals surface area contributed by atoms with E-state index in [9.17, 15) is 4.79 Å². The number of likely N-dealkylation sites (N-methyl/N-ethyl adjacent to an activating group) is 1. The van der Waals surface area contributed by atoms with Crippen LogP contribution in [0.5, 0.6) is 0 Å². The number of hydrogen-bond donors (Lipinski definition) is 1. The van der Waals surface area contributed by atoms with E-state index in [1.54, 1.807) is 24.9 Å². The van der Waals surface area contributed by atoms with E-state index in [0.29, 0.717) is 11.6 Å². The van der Waals surface area contributed by atoms with Crippen LogP contribution in [0.2, 0.25) is 5.02 Å². The van der Waals surface area contributed by atoms with Crippen LogP contribution in [0.1, 0.15) is 19.9 Å². The summed E-state index contributed by atoms with van der Waals surface area (Å²) in [6.07, 6.45) is 3.21. The molecule has 0 amide bonds. The largest absolute Gasteiger partial charge is 0.465 e. The van der Waals surface area contributed by atoms with Crippen molar-refractivity contribution >= 4 is 17.6 Å². The average molecular weight is 246 g/mol. The van der Waals surface area contributed by atoms with Crippen molar-refractivity contribution < 1.29 is 9.53 Å². The van der Waals surface area contributed by atoms with Crippen molar-refractivity contribution in [2.45, 2.75) is 25.9 Å². The third-order valence-corrected chi connectivity index (χ3v) is 2.52. The Kier molecular flexibility index (Phi) is 4.76. The molecule has 0 spiro atoms. The minimum Gasteiger partial charge on any atom is -0.465 e. The quantitative estimate of drug-likeness (QED) is 0.794.